The molecule has 0 radical (unpaired) electrons. The molecule has 1 fully saturated rings. The number of hydrogen-bond donors (Lipinski definition) is 0. The molecule has 6 heteroatoms. The van der Waals surface area contributed by atoms with Crippen LogP contribution in [0.5, 0.6) is 0 Å². The van der Waals surface area contributed by atoms with Gasteiger partial charge in [0.05, 0.1) is 11.5 Å². The molecule has 4 nitrogen and oxygen atoms in total. The van der Waals surface area contributed by atoms with E-state index >= 15 is 0 Å². The van der Waals surface area contributed by atoms with E-state index in [2.05, 4.69) is 0 Å². The van der Waals surface area contributed by atoms with Crippen LogP contribution in [0, 0.1) is 5.92 Å². The van der Waals surface area contributed by atoms with Crippen LogP contribution in [0.15, 0.2) is 23.1 Å². The van der Waals surface area contributed by atoms with Gasteiger partial charge in [0.25, 0.3) is 0 Å². The molecule has 2 rings (SSSR count). The molecule has 1 aromatic carbocycles. The summed E-state index contributed by atoms with van der Waals surface area (Å²) in [6, 6.07) is 5.47. The van der Waals surface area contributed by atoms with Crippen LogP contribution < -0.4 is 0 Å². The first kappa shape index (κ1) is 16.7. The highest BCUT2D eigenvalue weighted by Gasteiger charge is 2.33. The lowest BCUT2D eigenvalue weighted by Gasteiger charge is -2.19. The molecule has 0 bridgehead atoms. The molecule has 1 atom stereocenters. The Hall–Kier alpha value is -0.620. The maximum Gasteiger partial charge on any atom is 0.243 e. The molecule has 21 heavy (non-hydrogen) atoms. The number of halogens is 1. The minimum atomic E-state index is -3.45. The van der Waals surface area contributed by atoms with Crippen molar-refractivity contribution in [2.45, 2.75) is 30.5 Å². The Morgan fingerprint density at radius 2 is 2.19 bits per heavy atom. The predicted molar refractivity (Wildman–Crippen MR) is 84.1 cm³/mol. The molecular weight excluding hydrogens is 310 g/mol. The number of benzene rings is 1. The van der Waals surface area contributed by atoms with Gasteiger partial charge in [0.15, 0.2) is 0 Å². The smallest absolute Gasteiger partial charge is 0.243 e. The van der Waals surface area contributed by atoms with Gasteiger partial charge in [-0.15, -0.1) is 11.6 Å². The highest BCUT2D eigenvalue weighted by Crippen LogP contribution is 2.28. The standard InChI is InChI=1S/C15H22ClNO3S/c1-3-14-5-4-12(9-16)8-15(14)21(18,19)17-7-6-13(10-17)11-20-2/h4-5,8,13H,3,6-7,9-11H2,1-2H3. The normalized spacial score (nSPS) is 20.0. The summed E-state index contributed by atoms with van der Waals surface area (Å²) in [5, 5.41) is 0. The van der Waals surface area contributed by atoms with Gasteiger partial charge in [-0.05, 0) is 36.0 Å². The molecule has 1 aliphatic rings. The zero-order valence-electron chi connectivity index (χ0n) is 12.5. The van der Waals surface area contributed by atoms with E-state index in [9.17, 15) is 8.42 Å². The fourth-order valence-electron chi connectivity index (χ4n) is 2.74. The maximum absolute atomic E-state index is 12.9. The van der Waals surface area contributed by atoms with Crippen molar-refractivity contribution in [2.75, 3.05) is 26.8 Å². The van der Waals surface area contributed by atoms with E-state index in [1.165, 1.54) is 0 Å². The lowest BCUT2D eigenvalue weighted by Crippen LogP contribution is -2.30. The van der Waals surface area contributed by atoms with Crippen molar-refractivity contribution < 1.29 is 13.2 Å². The molecule has 0 saturated carbocycles. The fourth-order valence-corrected chi connectivity index (χ4v) is 4.78. The van der Waals surface area contributed by atoms with E-state index in [0.29, 0.717) is 36.9 Å². The van der Waals surface area contributed by atoms with E-state index < -0.39 is 10.0 Å². The van der Waals surface area contributed by atoms with Gasteiger partial charge in [0.2, 0.25) is 10.0 Å². The van der Waals surface area contributed by atoms with E-state index in [0.717, 1.165) is 17.5 Å². The van der Waals surface area contributed by atoms with Crippen LogP contribution >= 0.6 is 11.6 Å². The maximum atomic E-state index is 12.9. The fraction of sp³-hybridized carbons (Fsp3) is 0.600. The number of rotatable bonds is 6. The van der Waals surface area contributed by atoms with Crippen molar-refractivity contribution in [3.63, 3.8) is 0 Å². The number of alkyl halides is 1. The van der Waals surface area contributed by atoms with Crippen LogP contribution in [0.25, 0.3) is 0 Å². The Labute approximate surface area is 132 Å². The first-order chi connectivity index (χ1) is 10.0. The number of sulfonamides is 1. The minimum absolute atomic E-state index is 0.283. The summed E-state index contributed by atoms with van der Waals surface area (Å²) >= 11 is 5.84. The summed E-state index contributed by atoms with van der Waals surface area (Å²) in [5.41, 5.74) is 1.68. The predicted octanol–water partition coefficient (Wildman–Crippen LogP) is 2.64. The second-order valence-corrected chi connectivity index (χ2v) is 7.58. The highest BCUT2D eigenvalue weighted by atomic mass is 35.5. The first-order valence-corrected chi connectivity index (χ1v) is 9.17. The lowest BCUT2D eigenvalue weighted by atomic mass is 10.1. The molecule has 0 N–H and O–H groups in total. The van der Waals surface area contributed by atoms with E-state index in [4.69, 9.17) is 16.3 Å². The topological polar surface area (TPSA) is 46.6 Å². The molecule has 1 heterocycles. The van der Waals surface area contributed by atoms with Gasteiger partial charge in [-0.25, -0.2) is 8.42 Å². The Bertz CT molecular complexity index is 589. The Balaban J connectivity index is 2.31. The summed E-state index contributed by atoms with van der Waals surface area (Å²) in [4.78, 5) is 0.404. The third-order valence-corrected chi connectivity index (χ3v) is 6.19. The van der Waals surface area contributed by atoms with Gasteiger partial charge < -0.3 is 4.74 Å². The summed E-state index contributed by atoms with van der Waals surface area (Å²) in [6.45, 7) is 3.66. The van der Waals surface area contributed by atoms with Gasteiger partial charge in [-0.3, -0.25) is 0 Å². The zero-order chi connectivity index (χ0) is 15.5. The monoisotopic (exact) mass is 331 g/mol. The molecule has 0 aliphatic carbocycles. The number of aryl methyl sites for hydroxylation is 1. The number of hydrogen-bond acceptors (Lipinski definition) is 3. The largest absolute Gasteiger partial charge is 0.384 e. The molecule has 1 unspecified atom stereocenters. The average molecular weight is 332 g/mol. The van der Waals surface area contributed by atoms with Gasteiger partial charge >= 0.3 is 0 Å². The number of methoxy groups -OCH3 is 1. The van der Waals surface area contributed by atoms with Crippen molar-refractivity contribution in [3.05, 3.63) is 29.3 Å². The molecule has 118 valence electrons. The second-order valence-electron chi connectivity index (χ2n) is 5.40. The van der Waals surface area contributed by atoms with Crippen LogP contribution in [-0.4, -0.2) is 39.5 Å². The number of ether oxygens (including phenoxy) is 1. The van der Waals surface area contributed by atoms with E-state index in [1.807, 2.05) is 19.1 Å². The number of nitrogens with zero attached hydrogens (tertiary/aromatic N) is 1. The third kappa shape index (κ3) is 3.59. The van der Waals surface area contributed by atoms with Crippen molar-refractivity contribution in [1.29, 1.82) is 0 Å². The highest BCUT2D eigenvalue weighted by molar-refractivity contribution is 7.89. The van der Waals surface area contributed by atoms with Gasteiger partial charge in [0.1, 0.15) is 0 Å². The van der Waals surface area contributed by atoms with Gasteiger partial charge in [0, 0.05) is 26.1 Å². The van der Waals surface area contributed by atoms with Crippen molar-refractivity contribution >= 4 is 21.6 Å². The SMILES string of the molecule is CCc1ccc(CCl)cc1S(=O)(=O)N1CCC(COC)C1. The third-order valence-electron chi connectivity index (χ3n) is 3.94. The Morgan fingerprint density at radius 3 is 2.81 bits per heavy atom. The molecule has 0 aromatic heterocycles. The first-order valence-electron chi connectivity index (χ1n) is 7.19. The molecule has 0 spiro atoms. The second kappa shape index (κ2) is 7.09. The van der Waals surface area contributed by atoms with Gasteiger partial charge in [-0.1, -0.05) is 19.1 Å². The van der Waals surface area contributed by atoms with Crippen LogP contribution in [0.3, 0.4) is 0 Å². The molecule has 1 aliphatic heterocycles. The van der Waals surface area contributed by atoms with Crippen molar-refractivity contribution in [3.8, 4) is 0 Å². The van der Waals surface area contributed by atoms with Crippen LogP contribution in [0.4, 0.5) is 0 Å². The van der Waals surface area contributed by atoms with Crippen LogP contribution in [0.2, 0.25) is 0 Å². The van der Waals surface area contributed by atoms with Crippen LogP contribution in [0.1, 0.15) is 24.5 Å². The lowest BCUT2D eigenvalue weighted by molar-refractivity contribution is 0.157. The van der Waals surface area contributed by atoms with Crippen molar-refractivity contribution in [1.82, 2.24) is 4.31 Å². The molecule has 1 aromatic rings. The van der Waals surface area contributed by atoms with Gasteiger partial charge in [-0.2, -0.15) is 4.31 Å². The van der Waals surface area contributed by atoms with E-state index in [-0.39, 0.29) is 5.92 Å². The Kier molecular flexibility index (Phi) is 5.66. The summed E-state index contributed by atoms with van der Waals surface area (Å²) < 4.78 is 32.5. The average Bonchev–Trinajstić information content (AvgIpc) is 2.96. The molecular formula is C15H22ClNO3S. The summed E-state index contributed by atoms with van der Waals surface area (Å²) in [7, 11) is -1.80. The quantitative estimate of drug-likeness (QED) is 0.753. The van der Waals surface area contributed by atoms with E-state index in [1.54, 1.807) is 17.5 Å². The zero-order valence-corrected chi connectivity index (χ0v) is 14.1. The summed E-state index contributed by atoms with van der Waals surface area (Å²) in [5.74, 6) is 0.602. The van der Waals surface area contributed by atoms with Crippen LogP contribution in [-0.2, 0) is 27.1 Å². The minimum Gasteiger partial charge on any atom is -0.384 e. The van der Waals surface area contributed by atoms with Crippen molar-refractivity contribution in [2.24, 2.45) is 5.92 Å². The Morgan fingerprint density at radius 1 is 1.43 bits per heavy atom. The molecule has 1 saturated heterocycles. The summed E-state index contributed by atoms with van der Waals surface area (Å²) in [6.07, 6.45) is 1.54. The molecule has 0 amide bonds.